The molecule has 1 N–H and O–H groups in total. The van der Waals surface area contributed by atoms with Crippen LogP contribution in [-0.4, -0.2) is 37.5 Å². The first-order valence-corrected chi connectivity index (χ1v) is 9.39. The van der Waals surface area contributed by atoms with Crippen LogP contribution in [0, 0.1) is 0 Å². The second-order valence-electron chi connectivity index (χ2n) is 6.42. The number of methoxy groups -OCH3 is 1. The SMILES string of the molecule is C/C=C/c1ccc(OCC(=O)O[C@H](C)C(=O)Nc2ccccc2C(C)=O)c(OC)c1. The molecular weight excluding hydrogens is 386 g/mol. The monoisotopic (exact) mass is 411 g/mol. The zero-order valence-corrected chi connectivity index (χ0v) is 17.4. The molecule has 0 aliphatic rings. The molecule has 1 amide bonds. The molecule has 0 spiro atoms. The van der Waals surface area contributed by atoms with Crippen molar-refractivity contribution in [3.8, 4) is 11.5 Å². The summed E-state index contributed by atoms with van der Waals surface area (Å²) in [7, 11) is 1.51. The quantitative estimate of drug-likeness (QED) is 0.497. The van der Waals surface area contributed by atoms with E-state index >= 15 is 0 Å². The lowest BCUT2D eigenvalue weighted by atomic mass is 10.1. The maximum atomic E-state index is 12.3. The fourth-order valence-electron chi connectivity index (χ4n) is 2.65. The summed E-state index contributed by atoms with van der Waals surface area (Å²) < 4.78 is 15.9. The maximum Gasteiger partial charge on any atom is 0.344 e. The number of amides is 1. The predicted molar refractivity (Wildman–Crippen MR) is 114 cm³/mol. The van der Waals surface area contributed by atoms with Gasteiger partial charge in [-0.3, -0.25) is 9.59 Å². The minimum atomic E-state index is -1.07. The first-order chi connectivity index (χ1) is 14.3. The number of carbonyl (C=O) groups is 3. The minimum absolute atomic E-state index is 0.182. The smallest absolute Gasteiger partial charge is 0.344 e. The van der Waals surface area contributed by atoms with Crippen LogP contribution in [0.4, 0.5) is 5.69 Å². The molecule has 0 unspecified atom stereocenters. The van der Waals surface area contributed by atoms with E-state index in [9.17, 15) is 14.4 Å². The van der Waals surface area contributed by atoms with E-state index < -0.39 is 18.0 Å². The van der Waals surface area contributed by atoms with E-state index in [0.717, 1.165) is 5.56 Å². The van der Waals surface area contributed by atoms with Crippen LogP contribution in [-0.2, 0) is 14.3 Å². The fourth-order valence-corrected chi connectivity index (χ4v) is 2.65. The summed E-state index contributed by atoms with van der Waals surface area (Å²) in [6, 6.07) is 11.9. The lowest BCUT2D eigenvalue weighted by molar-refractivity contribution is -0.155. The Morgan fingerprint density at radius 1 is 1.10 bits per heavy atom. The summed E-state index contributed by atoms with van der Waals surface area (Å²) in [5.74, 6) is -0.582. The van der Waals surface area contributed by atoms with Crippen molar-refractivity contribution in [2.75, 3.05) is 19.0 Å². The number of carbonyl (C=O) groups excluding carboxylic acids is 3. The van der Waals surface area contributed by atoms with Gasteiger partial charge >= 0.3 is 5.97 Å². The number of Topliss-reactive ketones (excluding diaryl/α,β-unsaturated/α-hetero) is 1. The van der Waals surface area contributed by atoms with Gasteiger partial charge < -0.3 is 19.5 Å². The predicted octanol–water partition coefficient (Wildman–Crippen LogP) is 3.88. The van der Waals surface area contributed by atoms with Gasteiger partial charge in [0.2, 0.25) is 0 Å². The van der Waals surface area contributed by atoms with Gasteiger partial charge in [0, 0.05) is 5.56 Å². The Balaban J connectivity index is 1.93. The Morgan fingerprint density at radius 3 is 2.50 bits per heavy atom. The van der Waals surface area contributed by atoms with E-state index in [-0.39, 0.29) is 12.4 Å². The number of hydrogen-bond donors (Lipinski definition) is 1. The molecule has 0 fully saturated rings. The van der Waals surface area contributed by atoms with Crippen LogP contribution in [0.2, 0.25) is 0 Å². The average Bonchev–Trinajstić information content (AvgIpc) is 2.73. The second-order valence-corrected chi connectivity index (χ2v) is 6.42. The van der Waals surface area contributed by atoms with Crippen molar-refractivity contribution in [3.05, 3.63) is 59.7 Å². The highest BCUT2D eigenvalue weighted by Crippen LogP contribution is 2.28. The molecule has 0 heterocycles. The summed E-state index contributed by atoms with van der Waals surface area (Å²) in [5, 5.41) is 2.60. The van der Waals surface area contributed by atoms with Gasteiger partial charge in [-0.25, -0.2) is 4.79 Å². The number of ether oxygens (including phenoxy) is 3. The molecule has 0 aromatic heterocycles. The number of ketones is 1. The number of para-hydroxylation sites is 1. The highest BCUT2D eigenvalue weighted by Gasteiger charge is 2.20. The third-order valence-corrected chi connectivity index (χ3v) is 4.13. The lowest BCUT2D eigenvalue weighted by Crippen LogP contribution is -2.32. The summed E-state index contributed by atoms with van der Waals surface area (Å²) >= 11 is 0. The molecule has 2 aromatic carbocycles. The average molecular weight is 411 g/mol. The van der Waals surface area contributed by atoms with Gasteiger partial charge in [0.1, 0.15) is 0 Å². The standard InChI is InChI=1S/C23H25NO6/c1-5-8-17-11-12-20(21(13-17)28-4)29-14-22(26)30-16(3)23(27)24-19-10-7-6-9-18(19)15(2)25/h5-13,16H,14H2,1-4H3,(H,24,27)/b8-5+/t16-/m1/s1. The van der Waals surface area contributed by atoms with Crippen LogP contribution < -0.4 is 14.8 Å². The Labute approximate surface area is 175 Å². The van der Waals surface area contributed by atoms with E-state index in [2.05, 4.69) is 5.32 Å². The highest BCUT2D eigenvalue weighted by molar-refractivity contribution is 6.04. The number of allylic oxidation sites excluding steroid dienone is 1. The van der Waals surface area contributed by atoms with Gasteiger partial charge in [-0.15, -0.1) is 0 Å². The second kappa shape index (κ2) is 10.8. The van der Waals surface area contributed by atoms with Gasteiger partial charge in [0.15, 0.2) is 30.0 Å². The molecule has 30 heavy (non-hydrogen) atoms. The van der Waals surface area contributed by atoms with Crippen LogP contribution in [0.1, 0.15) is 36.7 Å². The third kappa shape index (κ3) is 6.20. The van der Waals surface area contributed by atoms with Gasteiger partial charge in [-0.1, -0.05) is 30.4 Å². The molecule has 7 heteroatoms. The lowest BCUT2D eigenvalue weighted by Gasteiger charge is -2.16. The zero-order chi connectivity index (χ0) is 22.1. The third-order valence-electron chi connectivity index (χ3n) is 4.13. The number of rotatable bonds is 9. The topological polar surface area (TPSA) is 90.9 Å². The maximum absolute atomic E-state index is 12.3. The van der Waals surface area contributed by atoms with Gasteiger partial charge in [0.05, 0.1) is 12.8 Å². The largest absolute Gasteiger partial charge is 0.493 e. The van der Waals surface area contributed by atoms with E-state index in [1.165, 1.54) is 21.0 Å². The first-order valence-electron chi connectivity index (χ1n) is 9.39. The number of anilines is 1. The molecule has 0 aliphatic heterocycles. The molecule has 0 radical (unpaired) electrons. The van der Waals surface area contributed by atoms with E-state index in [1.807, 2.05) is 25.1 Å². The summed E-state index contributed by atoms with van der Waals surface area (Å²) in [6.07, 6.45) is 2.74. The molecule has 2 rings (SSSR count). The normalized spacial score (nSPS) is 11.6. The Hall–Kier alpha value is -3.61. The molecule has 2 aromatic rings. The minimum Gasteiger partial charge on any atom is -0.493 e. The number of benzene rings is 2. The Kier molecular flexibility index (Phi) is 8.17. The molecule has 0 saturated carbocycles. The first kappa shape index (κ1) is 22.7. The Bertz CT molecular complexity index is 950. The Morgan fingerprint density at radius 2 is 1.83 bits per heavy atom. The van der Waals surface area contributed by atoms with Gasteiger partial charge in [0.25, 0.3) is 5.91 Å². The molecular formula is C23H25NO6. The molecule has 158 valence electrons. The summed E-state index contributed by atoms with van der Waals surface area (Å²) in [4.78, 5) is 36.1. The molecule has 0 bridgehead atoms. The summed E-state index contributed by atoms with van der Waals surface area (Å²) in [6.45, 7) is 4.37. The van der Waals surface area contributed by atoms with E-state index in [4.69, 9.17) is 14.2 Å². The molecule has 7 nitrogen and oxygen atoms in total. The van der Waals surface area contributed by atoms with Crippen molar-refractivity contribution in [2.45, 2.75) is 26.9 Å². The van der Waals surface area contributed by atoms with E-state index in [1.54, 1.807) is 36.4 Å². The number of nitrogens with one attached hydrogen (secondary N) is 1. The van der Waals surface area contributed by atoms with Crippen molar-refractivity contribution in [1.29, 1.82) is 0 Å². The van der Waals surface area contributed by atoms with Crippen molar-refractivity contribution in [1.82, 2.24) is 0 Å². The van der Waals surface area contributed by atoms with Crippen LogP contribution in [0.5, 0.6) is 11.5 Å². The van der Waals surface area contributed by atoms with Crippen molar-refractivity contribution < 1.29 is 28.6 Å². The van der Waals surface area contributed by atoms with Crippen LogP contribution in [0.3, 0.4) is 0 Å². The number of hydrogen-bond acceptors (Lipinski definition) is 6. The highest BCUT2D eigenvalue weighted by atomic mass is 16.6. The van der Waals surface area contributed by atoms with Crippen LogP contribution in [0.15, 0.2) is 48.5 Å². The van der Waals surface area contributed by atoms with Crippen molar-refractivity contribution >= 4 is 29.4 Å². The van der Waals surface area contributed by atoms with Gasteiger partial charge in [-0.2, -0.15) is 0 Å². The molecule has 0 saturated heterocycles. The molecule has 1 atom stereocenters. The van der Waals surface area contributed by atoms with Gasteiger partial charge in [-0.05, 0) is 50.6 Å². The fraction of sp³-hybridized carbons (Fsp3) is 0.261. The van der Waals surface area contributed by atoms with Crippen LogP contribution in [0.25, 0.3) is 6.08 Å². The van der Waals surface area contributed by atoms with E-state index in [0.29, 0.717) is 22.7 Å². The summed E-state index contributed by atoms with van der Waals surface area (Å²) in [5.41, 5.74) is 1.67. The molecule has 0 aliphatic carbocycles. The zero-order valence-electron chi connectivity index (χ0n) is 17.4. The van der Waals surface area contributed by atoms with Crippen molar-refractivity contribution in [3.63, 3.8) is 0 Å². The van der Waals surface area contributed by atoms with Crippen molar-refractivity contribution in [2.24, 2.45) is 0 Å². The van der Waals surface area contributed by atoms with Crippen LogP contribution >= 0.6 is 0 Å². The number of esters is 1.